The van der Waals surface area contributed by atoms with Crippen molar-refractivity contribution in [3.05, 3.63) is 47.0 Å². The van der Waals surface area contributed by atoms with E-state index in [0.29, 0.717) is 32.6 Å². The fourth-order valence-electron chi connectivity index (χ4n) is 5.07. The normalized spacial score (nSPS) is 20.3. The Labute approximate surface area is 246 Å². The second-order valence-corrected chi connectivity index (χ2v) is 10.6. The number of hydrogen-bond donors (Lipinski definition) is 2. The van der Waals surface area contributed by atoms with Crippen molar-refractivity contribution >= 4 is 17.8 Å². The average Bonchev–Trinajstić information content (AvgIpc) is 3.17. The van der Waals surface area contributed by atoms with Crippen LogP contribution in [0.2, 0.25) is 0 Å². The number of likely N-dealkylation sites (tertiary alicyclic amines) is 2. The molecule has 1 spiro atoms. The summed E-state index contributed by atoms with van der Waals surface area (Å²) in [6.07, 6.45) is -7.61. The Morgan fingerprint density at radius 3 is 2.02 bits per heavy atom. The molecule has 0 saturated carbocycles. The minimum absolute atomic E-state index is 0.158. The number of carbonyl (C=O) groups is 3. The fourth-order valence-corrected chi connectivity index (χ4v) is 5.07. The van der Waals surface area contributed by atoms with Crippen molar-refractivity contribution in [1.29, 1.82) is 0 Å². The molecule has 1 atom stereocenters. The first kappa shape index (κ1) is 36.4. The lowest BCUT2D eigenvalue weighted by molar-refractivity contribution is -0.193. The molecule has 246 valence electrons. The Morgan fingerprint density at radius 2 is 1.55 bits per heavy atom. The van der Waals surface area contributed by atoms with E-state index < -0.39 is 35.6 Å². The predicted octanol–water partition coefficient (Wildman–Crippen LogP) is 4.35. The average molecular weight is 646 g/mol. The molecule has 44 heavy (non-hydrogen) atoms. The molecule has 0 radical (unpaired) electrons. The van der Waals surface area contributed by atoms with Crippen LogP contribution in [0.15, 0.2) is 24.4 Å². The highest BCUT2D eigenvalue weighted by atomic mass is 19.4. The number of nitrogens with zero attached hydrogens (tertiary/aromatic N) is 5. The van der Waals surface area contributed by atoms with Gasteiger partial charge in [0.15, 0.2) is 0 Å². The lowest BCUT2D eigenvalue weighted by Crippen LogP contribution is -2.60. The van der Waals surface area contributed by atoms with E-state index >= 15 is 0 Å². The van der Waals surface area contributed by atoms with Gasteiger partial charge in [-0.15, -0.1) is 0 Å². The summed E-state index contributed by atoms with van der Waals surface area (Å²) >= 11 is 0. The van der Waals surface area contributed by atoms with Gasteiger partial charge < -0.3 is 15.1 Å². The van der Waals surface area contributed by atoms with Gasteiger partial charge in [-0.25, -0.2) is 18.4 Å². The highest BCUT2D eigenvalue weighted by molar-refractivity contribution is 5.84. The molecular weight excluding hydrogens is 614 g/mol. The first-order valence-corrected chi connectivity index (χ1v) is 13.0. The number of amides is 1. The third-order valence-electron chi connectivity index (χ3n) is 6.70. The van der Waals surface area contributed by atoms with Gasteiger partial charge >= 0.3 is 24.3 Å². The van der Waals surface area contributed by atoms with Crippen LogP contribution in [0.3, 0.4) is 0 Å². The van der Waals surface area contributed by atoms with Crippen molar-refractivity contribution in [3.63, 3.8) is 0 Å². The number of pyridine rings is 1. The molecule has 2 aromatic rings. The van der Waals surface area contributed by atoms with Crippen LogP contribution in [0.5, 0.6) is 0 Å². The zero-order valence-corrected chi connectivity index (χ0v) is 23.8. The summed E-state index contributed by atoms with van der Waals surface area (Å²) in [6, 6.07) is 5.75. The summed E-state index contributed by atoms with van der Waals surface area (Å²) < 4.78 is 94.9. The molecule has 1 amide bonds. The maximum Gasteiger partial charge on any atom is 0.490 e. The van der Waals surface area contributed by atoms with Crippen LogP contribution < -0.4 is 0 Å². The molecule has 2 fully saturated rings. The summed E-state index contributed by atoms with van der Waals surface area (Å²) in [4.78, 5) is 39.1. The summed E-state index contributed by atoms with van der Waals surface area (Å²) in [5, 5.41) is 18.6. The van der Waals surface area contributed by atoms with Crippen LogP contribution in [0.1, 0.15) is 41.9 Å². The smallest absolute Gasteiger partial charge is 0.475 e. The summed E-state index contributed by atoms with van der Waals surface area (Å²) in [6.45, 7) is 5.20. The van der Waals surface area contributed by atoms with Crippen LogP contribution >= 0.6 is 0 Å². The van der Waals surface area contributed by atoms with E-state index in [0.717, 1.165) is 29.1 Å². The number of carboxylic acid groups (broad SMARTS) is 2. The van der Waals surface area contributed by atoms with Gasteiger partial charge in [0, 0.05) is 39.3 Å². The zero-order valence-electron chi connectivity index (χ0n) is 23.8. The first-order valence-electron chi connectivity index (χ1n) is 13.0. The number of carboxylic acids is 2. The molecule has 2 saturated heterocycles. The van der Waals surface area contributed by atoms with E-state index in [1.54, 1.807) is 20.7 Å². The minimum atomic E-state index is -5.08. The molecule has 2 aliphatic rings. The highest BCUT2D eigenvalue weighted by Crippen LogP contribution is 2.45. The molecule has 18 heteroatoms. The van der Waals surface area contributed by atoms with Crippen LogP contribution in [0.4, 0.5) is 35.1 Å². The van der Waals surface area contributed by atoms with Gasteiger partial charge in [-0.2, -0.15) is 31.4 Å². The van der Waals surface area contributed by atoms with Crippen molar-refractivity contribution in [3.8, 4) is 0 Å². The summed E-state index contributed by atoms with van der Waals surface area (Å²) in [5.74, 6) is -8.57. The van der Waals surface area contributed by atoms with E-state index in [1.165, 1.54) is 0 Å². The summed E-state index contributed by atoms with van der Waals surface area (Å²) in [7, 11) is 1.85. The standard InChI is InChI=1S/C22H29F2N5O.2C2HF3O2/c1-16-5-7-25-18(9-16)11-28-14-21(13-22(23,24)15-28)6-4-8-29(20(21)30)12-19-10-17(2)26-27(19)3;2*3-2(4,5)1(6)7/h5,7,9-10H,4,6,8,11-15H2,1-3H3;2*(H,6,7). The number of aromatic nitrogens is 3. The molecular formula is C26H31F8N5O5. The second-order valence-electron chi connectivity index (χ2n) is 10.6. The van der Waals surface area contributed by atoms with Gasteiger partial charge in [0.2, 0.25) is 5.91 Å². The van der Waals surface area contributed by atoms with Crippen molar-refractivity contribution in [2.45, 2.75) is 64.5 Å². The maximum absolute atomic E-state index is 14.8. The van der Waals surface area contributed by atoms with Gasteiger partial charge in [-0.05, 0) is 50.5 Å². The van der Waals surface area contributed by atoms with Gasteiger partial charge in [0.25, 0.3) is 5.92 Å². The molecule has 0 bridgehead atoms. The molecule has 10 nitrogen and oxygen atoms in total. The molecule has 4 heterocycles. The maximum atomic E-state index is 14.8. The van der Waals surface area contributed by atoms with Gasteiger partial charge in [-0.1, -0.05) is 0 Å². The monoisotopic (exact) mass is 645 g/mol. The van der Waals surface area contributed by atoms with Gasteiger partial charge in [0.1, 0.15) is 0 Å². The van der Waals surface area contributed by atoms with Crippen molar-refractivity contribution in [2.24, 2.45) is 12.5 Å². The first-order chi connectivity index (χ1) is 20.0. The molecule has 2 aliphatic heterocycles. The SMILES string of the molecule is Cc1ccnc(CN2CC(F)(F)CC3(CCCN(Cc4cc(C)nn4C)C3=O)C2)c1.O=C(O)C(F)(F)F.O=C(O)C(F)(F)F. The largest absolute Gasteiger partial charge is 0.490 e. The van der Waals surface area contributed by atoms with Crippen LogP contribution in [-0.2, 0) is 34.5 Å². The van der Waals surface area contributed by atoms with E-state index in [2.05, 4.69) is 10.1 Å². The van der Waals surface area contributed by atoms with E-state index in [9.17, 15) is 39.9 Å². The predicted molar refractivity (Wildman–Crippen MR) is 136 cm³/mol. The highest BCUT2D eigenvalue weighted by Gasteiger charge is 2.55. The molecule has 0 aliphatic carbocycles. The van der Waals surface area contributed by atoms with E-state index in [-0.39, 0.29) is 18.9 Å². The fraction of sp³-hybridized carbons (Fsp3) is 0.577. The number of rotatable bonds is 4. The Balaban J connectivity index is 0.000000402. The van der Waals surface area contributed by atoms with Crippen LogP contribution in [-0.4, -0.2) is 90.5 Å². The Morgan fingerprint density at radius 1 is 0.977 bits per heavy atom. The quantitative estimate of drug-likeness (QED) is 0.470. The van der Waals surface area contributed by atoms with Crippen molar-refractivity contribution in [1.82, 2.24) is 24.6 Å². The lowest BCUT2D eigenvalue weighted by Gasteiger charge is -2.49. The molecule has 4 rings (SSSR count). The second kappa shape index (κ2) is 13.9. The summed E-state index contributed by atoms with van der Waals surface area (Å²) in [5.41, 5.74) is 2.56. The Bertz CT molecular complexity index is 1310. The lowest BCUT2D eigenvalue weighted by atomic mass is 9.71. The Kier molecular flexibility index (Phi) is 11.5. The van der Waals surface area contributed by atoms with Gasteiger partial charge in [-0.3, -0.25) is 19.4 Å². The Hall–Kier alpha value is -3.83. The van der Waals surface area contributed by atoms with Crippen molar-refractivity contribution in [2.75, 3.05) is 19.6 Å². The van der Waals surface area contributed by atoms with E-state index in [4.69, 9.17) is 19.8 Å². The number of hydrogen-bond acceptors (Lipinski definition) is 6. The minimum Gasteiger partial charge on any atom is -0.475 e. The molecule has 2 N–H and O–H groups in total. The van der Waals surface area contributed by atoms with Gasteiger partial charge in [0.05, 0.1) is 35.6 Å². The molecule has 1 unspecified atom stereocenters. The van der Waals surface area contributed by atoms with Crippen LogP contribution in [0.25, 0.3) is 0 Å². The number of aryl methyl sites for hydroxylation is 3. The third-order valence-corrected chi connectivity index (χ3v) is 6.70. The number of aliphatic carboxylic acids is 2. The number of piperidine rings is 2. The van der Waals surface area contributed by atoms with Crippen molar-refractivity contribution < 1.29 is 59.7 Å². The third kappa shape index (κ3) is 10.4. The number of halogens is 8. The molecule has 0 aromatic carbocycles. The van der Waals surface area contributed by atoms with E-state index in [1.807, 2.05) is 39.1 Å². The number of carbonyl (C=O) groups excluding carboxylic acids is 1. The van der Waals surface area contributed by atoms with Crippen LogP contribution in [0, 0.1) is 19.3 Å². The molecule has 2 aromatic heterocycles. The zero-order chi connectivity index (χ0) is 33.7. The topological polar surface area (TPSA) is 129 Å². The number of alkyl halides is 8.